The fourth-order valence-electron chi connectivity index (χ4n) is 4.08. The lowest BCUT2D eigenvalue weighted by Gasteiger charge is -2.32. The van der Waals surface area contributed by atoms with Gasteiger partial charge in [0, 0.05) is 6.54 Å². The molecule has 0 amide bonds. The van der Waals surface area contributed by atoms with E-state index in [-0.39, 0.29) is 17.4 Å². The zero-order valence-corrected chi connectivity index (χ0v) is 21.6. The number of hydrogen-bond donors (Lipinski definition) is 2. The molecule has 0 spiro atoms. The van der Waals surface area contributed by atoms with Gasteiger partial charge in [0.1, 0.15) is 0 Å². The molecule has 9 nitrogen and oxygen atoms in total. The molecule has 0 aliphatic rings. The summed E-state index contributed by atoms with van der Waals surface area (Å²) >= 11 is 0. The molecule has 10 heteroatoms. The summed E-state index contributed by atoms with van der Waals surface area (Å²) in [6.07, 6.45) is 2.01. The first kappa shape index (κ1) is 28.2. The van der Waals surface area contributed by atoms with Crippen molar-refractivity contribution in [3.8, 4) is 29.1 Å². The Morgan fingerprint density at radius 3 is 2.31 bits per heavy atom. The second-order valence-electron chi connectivity index (χ2n) is 8.78. The first-order valence-corrected chi connectivity index (χ1v) is 12.6. The van der Waals surface area contributed by atoms with Crippen LogP contribution in [0.2, 0.25) is 0 Å². The van der Waals surface area contributed by atoms with Crippen LogP contribution in [0.4, 0.5) is 0 Å². The summed E-state index contributed by atoms with van der Waals surface area (Å²) in [5.74, 6) is 0.587. The van der Waals surface area contributed by atoms with Crippen molar-refractivity contribution in [1.29, 1.82) is 5.26 Å². The Kier molecular flexibility index (Phi) is 9.77. The maximum atomic E-state index is 11.0. The predicted molar refractivity (Wildman–Crippen MR) is 132 cm³/mol. The summed E-state index contributed by atoms with van der Waals surface area (Å²) in [5, 5.41) is 19.9. The summed E-state index contributed by atoms with van der Waals surface area (Å²) in [6.45, 7) is 5.49. The van der Waals surface area contributed by atoms with Crippen LogP contribution < -0.4 is 13.7 Å². The summed E-state index contributed by atoms with van der Waals surface area (Å²) in [7, 11) is 0.394. The molecule has 0 saturated carbocycles. The second kappa shape index (κ2) is 12.1. The predicted octanol–water partition coefficient (Wildman–Crippen LogP) is 3.96. The molecule has 2 aromatic rings. The number of hydrogen-bond acceptors (Lipinski definition) is 8. The van der Waals surface area contributed by atoms with Crippen LogP contribution in [0.1, 0.15) is 37.8 Å². The second-order valence-corrected chi connectivity index (χ2v) is 9.80. The van der Waals surface area contributed by atoms with E-state index in [0.29, 0.717) is 30.9 Å². The monoisotopic (exact) mass is 506 g/mol. The van der Waals surface area contributed by atoms with Crippen LogP contribution in [-0.4, -0.2) is 57.3 Å². The molecule has 35 heavy (non-hydrogen) atoms. The van der Waals surface area contributed by atoms with Crippen LogP contribution in [0.5, 0.6) is 23.0 Å². The minimum absolute atomic E-state index is 0.0779. The quantitative estimate of drug-likeness (QED) is 0.388. The van der Waals surface area contributed by atoms with Crippen molar-refractivity contribution in [3.63, 3.8) is 0 Å². The third-order valence-corrected chi connectivity index (χ3v) is 6.59. The first-order chi connectivity index (χ1) is 16.5. The number of phenolic OH excluding ortho intramolecular Hbond substituents is 1. The lowest BCUT2D eigenvalue weighted by Crippen LogP contribution is -2.32. The van der Waals surface area contributed by atoms with Crippen LogP contribution in [0.3, 0.4) is 0 Å². The topological polar surface area (TPSA) is 129 Å². The van der Waals surface area contributed by atoms with Crippen LogP contribution >= 0.6 is 0 Å². The molecule has 0 bridgehead atoms. The fraction of sp³-hybridized carbons (Fsp3) is 0.480. The third kappa shape index (κ3) is 7.49. The number of ether oxygens (including phenoxy) is 2. The third-order valence-electron chi connectivity index (χ3n) is 6.20. The lowest BCUT2D eigenvalue weighted by atomic mass is 9.69. The van der Waals surface area contributed by atoms with Crippen molar-refractivity contribution < 1.29 is 31.7 Å². The molecule has 2 rings (SSSR count). The van der Waals surface area contributed by atoms with Gasteiger partial charge in [-0.05, 0) is 74.2 Å². The Bertz CT molecular complexity index is 1140. The molecule has 1 unspecified atom stereocenters. The highest BCUT2D eigenvalue weighted by atomic mass is 32.3. The van der Waals surface area contributed by atoms with Gasteiger partial charge in [0.25, 0.3) is 0 Å². The van der Waals surface area contributed by atoms with E-state index in [1.165, 1.54) is 12.1 Å². The van der Waals surface area contributed by atoms with Crippen molar-refractivity contribution in [1.82, 2.24) is 4.90 Å². The van der Waals surface area contributed by atoms with E-state index in [4.69, 9.17) is 14.0 Å². The standard InChI is InChI=1S/C25H34N2O7S/c1-18(2)25(17-26,20-8-10-22(32-4)24(16-20)33-5)12-6-13-27(3)14-11-19-7-9-21(28)23(15-19)34-35(29,30)31/h7-10,15-16,18,28H,6,11-14H2,1-5H3,(H,29,30,31). The normalized spacial score (nSPS) is 13.3. The molecule has 0 heterocycles. The number of methoxy groups -OCH3 is 2. The average Bonchev–Trinajstić information content (AvgIpc) is 2.81. The number of nitrogens with zero attached hydrogens (tertiary/aromatic N) is 2. The minimum atomic E-state index is -4.73. The van der Waals surface area contributed by atoms with Gasteiger partial charge < -0.3 is 23.7 Å². The molecular weight excluding hydrogens is 472 g/mol. The van der Waals surface area contributed by atoms with Crippen molar-refractivity contribution in [3.05, 3.63) is 47.5 Å². The highest BCUT2D eigenvalue weighted by molar-refractivity contribution is 7.81. The number of benzene rings is 2. The van der Waals surface area contributed by atoms with Crippen LogP contribution in [0.15, 0.2) is 36.4 Å². The molecule has 0 aliphatic carbocycles. The van der Waals surface area contributed by atoms with Gasteiger partial charge in [0.2, 0.25) is 0 Å². The molecule has 0 fully saturated rings. The van der Waals surface area contributed by atoms with Crippen LogP contribution in [0.25, 0.3) is 0 Å². The Hall–Kier alpha value is -3.00. The lowest BCUT2D eigenvalue weighted by molar-refractivity contribution is 0.292. The van der Waals surface area contributed by atoms with Crippen molar-refractivity contribution >= 4 is 10.4 Å². The van der Waals surface area contributed by atoms with Gasteiger partial charge in [-0.1, -0.05) is 26.0 Å². The van der Waals surface area contributed by atoms with E-state index in [2.05, 4.69) is 15.2 Å². The molecule has 0 aliphatic heterocycles. The Morgan fingerprint density at radius 2 is 1.74 bits per heavy atom. The molecule has 0 saturated heterocycles. The average molecular weight is 507 g/mol. The summed E-state index contributed by atoms with van der Waals surface area (Å²) in [5.41, 5.74) is 0.956. The van der Waals surface area contributed by atoms with E-state index in [9.17, 15) is 18.8 Å². The number of rotatable bonds is 13. The first-order valence-electron chi connectivity index (χ1n) is 11.3. The molecule has 192 valence electrons. The van der Waals surface area contributed by atoms with Gasteiger partial charge in [-0.25, -0.2) is 0 Å². The van der Waals surface area contributed by atoms with Gasteiger partial charge in [0.15, 0.2) is 23.0 Å². The van der Waals surface area contributed by atoms with Crippen LogP contribution in [-0.2, 0) is 22.2 Å². The molecule has 0 radical (unpaired) electrons. The highest BCUT2D eigenvalue weighted by Crippen LogP contribution is 2.40. The Labute approximate surface area is 207 Å². The van der Waals surface area contributed by atoms with Crippen molar-refractivity contribution in [2.75, 3.05) is 34.4 Å². The number of aromatic hydroxyl groups is 1. The van der Waals surface area contributed by atoms with E-state index < -0.39 is 15.8 Å². The van der Waals surface area contributed by atoms with Gasteiger partial charge >= 0.3 is 10.4 Å². The zero-order chi connectivity index (χ0) is 26.2. The number of nitriles is 1. The summed E-state index contributed by atoms with van der Waals surface area (Å²) in [6, 6.07) is 12.6. The summed E-state index contributed by atoms with van der Waals surface area (Å²) < 4.78 is 45.9. The number of phenols is 1. The Morgan fingerprint density at radius 1 is 1.06 bits per heavy atom. The summed E-state index contributed by atoms with van der Waals surface area (Å²) in [4.78, 5) is 2.12. The van der Waals surface area contributed by atoms with Gasteiger partial charge in [0.05, 0.1) is 25.7 Å². The van der Waals surface area contributed by atoms with Gasteiger partial charge in [-0.3, -0.25) is 4.55 Å². The molecule has 2 aromatic carbocycles. The van der Waals surface area contributed by atoms with E-state index in [1.54, 1.807) is 20.3 Å². The maximum absolute atomic E-state index is 11.0. The van der Waals surface area contributed by atoms with E-state index in [0.717, 1.165) is 24.1 Å². The molecule has 0 aromatic heterocycles. The Balaban J connectivity index is 2.04. The SMILES string of the molecule is COc1ccc(C(C#N)(CCCN(C)CCc2ccc(O)c(OS(=O)(=O)O)c2)C(C)C)cc1OC. The maximum Gasteiger partial charge on any atom is 0.446 e. The van der Waals surface area contributed by atoms with E-state index in [1.807, 2.05) is 39.1 Å². The van der Waals surface area contributed by atoms with Gasteiger partial charge in [-0.15, -0.1) is 0 Å². The smallest absolute Gasteiger partial charge is 0.446 e. The molecular formula is C25H34N2O7S. The van der Waals surface area contributed by atoms with Crippen molar-refractivity contribution in [2.24, 2.45) is 5.92 Å². The van der Waals surface area contributed by atoms with Gasteiger partial charge in [-0.2, -0.15) is 13.7 Å². The van der Waals surface area contributed by atoms with Crippen LogP contribution in [0, 0.1) is 17.2 Å². The van der Waals surface area contributed by atoms with E-state index >= 15 is 0 Å². The molecule has 1 atom stereocenters. The fourth-order valence-corrected chi connectivity index (χ4v) is 4.44. The minimum Gasteiger partial charge on any atom is -0.504 e. The molecule has 2 N–H and O–H groups in total. The largest absolute Gasteiger partial charge is 0.504 e. The van der Waals surface area contributed by atoms with Crippen molar-refractivity contribution in [2.45, 2.75) is 38.5 Å². The highest BCUT2D eigenvalue weighted by Gasteiger charge is 2.36. The zero-order valence-electron chi connectivity index (χ0n) is 20.8. The number of likely N-dealkylation sites (N-methyl/N-ethyl adjacent to an activating group) is 1.